The highest BCUT2D eigenvalue weighted by Crippen LogP contribution is 2.37. The van der Waals surface area contributed by atoms with Crippen LogP contribution in [0.2, 0.25) is 0 Å². The van der Waals surface area contributed by atoms with Crippen LogP contribution < -0.4 is 9.47 Å². The molecule has 0 spiro atoms. The largest absolute Gasteiger partial charge is 0.490 e. The third-order valence-electron chi connectivity index (χ3n) is 6.00. The first-order valence-corrected chi connectivity index (χ1v) is 13.2. The summed E-state index contributed by atoms with van der Waals surface area (Å²) >= 11 is 1.38. The molecule has 1 atom stereocenters. The van der Waals surface area contributed by atoms with Gasteiger partial charge in [0.25, 0.3) is 5.91 Å². The molecule has 0 saturated carbocycles. The van der Waals surface area contributed by atoms with Gasteiger partial charge in [0.15, 0.2) is 16.7 Å². The molecule has 37 heavy (non-hydrogen) atoms. The Morgan fingerprint density at radius 2 is 1.73 bits per heavy atom. The summed E-state index contributed by atoms with van der Waals surface area (Å²) in [5.74, 6) is 0.831. The van der Waals surface area contributed by atoms with Crippen LogP contribution in [0.1, 0.15) is 43.9 Å². The van der Waals surface area contributed by atoms with Gasteiger partial charge < -0.3 is 9.47 Å². The van der Waals surface area contributed by atoms with Crippen LogP contribution in [0.5, 0.6) is 11.5 Å². The summed E-state index contributed by atoms with van der Waals surface area (Å²) in [5.41, 5.74) is 3.66. The molecule has 0 bridgehead atoms. The summed E-state index contributed by atoms with van der Waals surface area (Å²) in [5, 5.41) is 0.679. The van der Waals surface area contributed by atoms with Crippen molar-refractivity contribution in [1.29, 1.82) is 0 Å². The summed E-state index contributed by atoms with van der Waals surface area (Å²) < 4.78 is 25.0. The first-order valence-electron chi connectivity index (χ1n) is 12.4. The molecule has 0 radical (unpaired) electrons. The molecule has 4 rings (SSSR count). The van der Waals surface area contributed by atoms with E-state index in [4.69, 9.17) is 14.5 Å². The number of ether oxygens (including phenoxy) is 2. The van der Waals surface area contributed by atoms with Gasteiger partial charge in [-0.15, -0.1) is 0 Å². The maximum atomic E-state index is 13.4. The fourth-order valence-electron chi connectivity index (χ4n) is 3.76. The molecule has 5 nitrogen and oxygen atoms in total. The monoisotopic (exact) mass is 518 g/mol. The zero-order valence-electron chi connectivity index (χ0n) is 21.5. The summed E-state index contributed by atoms with van der Waals surface area (Å²) in [4.78, 5) is 20.6. The minimum atomic E-state index is -0.283. The van der Waals surface area contributed by atoms with Gasteiger partial charge >= 0.3 is 0 Å². The van der Waals surface area contributed by atoms with Gasteiger partial charge in [-0.25, -0.2) is 9.38 Å². The highest BCUT2D eigenvalue weighted by molar-refractivity contribution is 8.18. The minimum absolute atomic E-state index is 0.0244. The highest BCUT2D eigenvalue weighted by atomic mass is 32.2. The summed E-state index contributed by atoms with van der Waals surface area (Å²) in [6.45, 7) is 8.79. The van der Waals surface area contributed by atoms with Gasteiger partial charge in [-0.3, -0.25) is 9.69 Å². The average Bonchev–Trinajstić information content (AvgIpc) is 3.19. The van der Waals surface area contributed by atoms with Crippen molar-refractivity contribution >= 4 is 34.6 Å². The maximum absolute atomic E-state index is 13.4. The lowest BCUT2D eigenvalue weighted by molar-refractivity contribution is -0.123. The van der Waals surface area contributed by atoms with Crippen molar-refractivity contribution in [3.05, 3.63) is 94.1 Å². The van der Waals surface area contributed by atoms with Gasteiger partial charge in [-0.2, -0.15) is 0 Å². The van der Waals surface area contributed by atoms with Crippen LogP contribution in [0.25, 0.3) is 6.08 Å². The van der Waals surface area contributed by atoms with E-state index in [0.717, 1.165) is 28.8 Å². The number of aliphatic imine (C=N–C) groups is 1. The Morgan fingerprint density at radius 1 is 1.00 bits per heavy atom. The molecule has 3 aromatic carbocycles. The Balaban J connectivity index is 1.59. The number of rotatable bonds is 9. The molecular weight excluding hydrogens is 487 g/mol. The lowest BCUT2D eigenvalue weighted by Gasteiger charge is -2.22. The molecule has 1 fully saturated rings. The minimum Gasteiger partial charge on any atom is -0.490 e. The van der Waals surface area contributed by atoms with Crippen molar-refractivity contribution < 1.29 is 18.7 Å². The molecule has 1 heterocycles. The third-order valence-corrected chi connectivity index (χ3v) is 6.98. The smallest absolute Gasteiger partial charge is 0.266 e. The van der Waals surface area contributed by atoms with E-state index in [1.807, 2.05) is 69.3 Å². The number of carbonyl (C=O) groups excluding carboxylic acids is 1. The molecule has 192 valence electrons. The number of hydrogen-bond acceptors (Lipinski definition) is 5. The van der Waals surface area contributed by atoms with Crippen LogP contribution in [0.4, 0.5) is 10.1 Å². The van der Waals surface area contributed by atoms with Crippen LogP contribution in [-0.4, -0.2) is 28.6 Å². The normalized spacial score (nSPS) is 16.5. The zero-order chi connectivity index (χ0) is 26.4. The molecule has 1 amide bonds. The second kappa shape index (κ2) is 12.1. The second-order valence-corrected chi connectivity index (χ2v) is 9.84. The molecule has 0 aliphatic carbocycles. The number of thioether (sulfide) groups is 1. The van der Waals surface area contributed by atoms with Crippen LogP contribution >= 0.6 is 11.8 Å². The van der Waals surface area contributed by atoms with Crippen molar-refractivity contribution in [3.63, 3.8) is 0 Å². The fourth-order valence-corrected chi connectivity index (χ4v) is 4.85. The Bertz CT molecular complexity index is 1300. The van der Waals surface area contributed by atoms with Gasteiger partial charge in [0.2, 0.25) is 0 Å². The molecule has 0 unspecified atom stereocenters. The van der Waals surface area contributed by atoms with Crippen molar-refractivity contribution in [2.75, 3.05) is 6.61 Å². The summed E-state index contributed by atoms with van der Waals surface area (Å²) in [6.07, 6.45) is 2.69. The number of amidine groups is 1. The van der Waals surface area contributed by atoms with E-state index in [9.17, 15) is 9.18 Å². The van der Waals surface area contributed by atoms with Gasteiger partial charge in [-0.05, 0) is 92.6 Å². The number of nitrogens with zero attached hydrogens (tertiary/aromatic N) is 2. The van der Waals surface area contributed by atoms with Crippen molar-refractivity contribution in [1.82, 2.24) is 4.90 Å². The number of aryl methyl sites for hydroxylation is 1. The van der Waals surface area contributed by atoms with Crippen molar-refractivity contribution in [3.8, 4) is 11.5 Å². The van der Waals surface area contributed by atoms with E-state index in [1.54, 1.807) is 17.0 Å². The first-order chi connectivity index (χ1) is 17.9. The van der Waals surface area contributed by atoms with E-state index >= 15 is 0 Å². The number of hydrogen-bond donors (Lipinski definition) is 0. The Labute approximate surface area is 222 Å². The maximum Gasteiger partial charge on any atom is 0.266 e. The quantitative estimate of drug-likeness (QED) is 0.275. The predicted octanol–water partition coefficient (Wildman–Crippen LogP) is 7.51. The lowest BCUT2D eigenvalue weighted by atomic mass is 10.1. The standard InChI is InChI=1S/C30H31FN2O3S/c1-5-21(4)33-29(34)28(37-30(33)32-25-14-7-20(3)8-15-25)18-23-11-16-26(27(17-23)35-6-2)36-19-22-9-12-24(31)13-10-22/h7-18,21H,5-6,19H2,1-4H3/b28-18+,32-30?/t21-/m1/s1. The first kappa shape index (κ1) is 26.5. The molecule has 1 aliphatic heterocycles. The van der Waals surface area contributed by atoms with Crippen LogP contribution in [0.15, 0.2) is 76.6 Å². The SMILES string of the molecule is CCOc1cc(/C=C2/SC(=Nc3ccc(C)cc3)N([C@H](C)CC)C2=O)ccc1OCc1ccc(F)cc1. The molecule has 1 aliphatic rings. The fraction of sp³-hybridized carbons (Fsp3) is 0.267. The zero-order valence-corrected chi connectivity index (χ0v) is 22.3. The molecule has 1 saturated heterocycles. The number of halogens is 1. The Morgan fingerprint density at radius 3 is 2.41 bits per heavy atom. The van der Waals surface area contributed by atoms with E-state index < -0.39 is 0 Å². The van der Waals surface area contributed by atoms with E-state index in [0.29, 0.717) is 28.2 Å². The predicted molar refractivity (Wildman–Crippen MR) is 149 cm³/mol. The van der Waals surface area contributed by atoms with Crippen molar-refractivity contribution in [2.45, 2.75) is 46.8 Å². The second-order valence-electron chi connectivity index (χ2n) is 8.83. The Kier molecular flexibility index (Phi) is 8.66. The summed E-state index contributed by atoms with van der Waals surface area (Å²) in [6, 6.07) is 19.8. The van der Waals surface area contributed by atoms with Crippen LogP contribution in [0.3, 0.4) is 0 Å². The number of amides is 1. The lowest BCUT2D eigenvalue weighted by Crippen LogP contribution is -2.36. The Hall–Kier alpha value is -3.58. The average molecular weight is 519 g/mol. The van der Waals surface area contributed by atoms with Gasteiger partial charge in [-0.1, -0.05) is 42.8 Å². The molecule has 7 heteroatoms. The van der Waals surface area contributed by atoms with Crippen molar-refractivity contribution in [2.24, 2.45) is 4.99 Å². The molecular formula is C30H31FN2O3S. The topological polar surface area (TPSA) is 51.1 Å². The number of carbonyl (C=O) groups is 1. The van der Waals surface area contributed by atoms with Gasteiger partial charge in [0.05, 0.1) is 17.2 Å². The molecule has 3 aromatic rings. The highest BCUT2D eigenvalue weighted by Gasteiger charge is 2.36. The number of benzene rings is 3. The third kappa shape index (κ3) is 6.60. The van der Waals surface area contributed by atoms with Gasteiger partial charge in [0, 0.05) is 6.04 Å². The van der Waals surface area contributed by atoms with Crippen LogP contribution in [0, 0.1) is 12.7 Å². The molecule has 0 N–H and O–H groups in total. The van der Waals surface area contributed by atoms with E-state index in [1.165, 1.54) is 23.9 Å². The van der Waals surface area contributed by atoms with Crippen LogP contribution in [-0.2, 0) is 11.4 Å². The summed E-state index contributed by atoms with van der Waals surface area (Å²) in [7, 11) is 0. The van der Waals surface area contributed by atoms with E-state index in [-0.39, 0.29) is 24.4 Å². The van der Waals surface area contributed by atoms with E-state index in [2.05, 4.69) is 6.92 Å². The van der Waals surface area contributed by atoms with Gasteiger partial charge in [0.1, 0.15) is 12.4 Å². The molecule has 0 aromatic heterocycles.